The predicted molar refractivity (Wildman–Crippen MR) is 82.7 cm³/mol. The van der Waals surface area contributed by atoms with Gasteiger partial charge in [-0.05, 0) is 12.5 Å². The zero-order valence-electron chi connectivity index (χ0n) is 13.3. The van der Waals surface area contributed by atoms with Crippen LogP contribution in [0.2, 0.25) is 0 Å². The van der Waals surface area contributed by atoms with Crippen molar-refractivity contribution < 1.29 is 9.18 Å². The van der Waals surface area contributed by atoms with Gasteiger partial charge in [-0.2, -0.15) is 0 Å². The monoisotopic (exact) mass is 302 g/mol. The molecule has 22 heavy (non-hydrogen) atoms. The van der Waals surface area contributed by atoms with E-state index in [9.17, 15) is 9.18 Å². The third-order valence-electron chi connectivity index (χ3n) is 5.75. The average molecular weight is 302 g/mol. The van der Waals surface area contributed by atoms with Crippen LogP contribution in [0.5, 0.6) is 0 Å². The molecule has 118 valence electrons. The molecule has 0 spiro atoms. The standard InChI is InChI=1S/C18H23FN2O/c1-3-8-18-11-20-9-17(2,16(18)22)10-21(12-18)15(20)13-6-4-5-7-14(13)19/h4-7,15H,3,8-12H2,1-2H3. The zero-order chi connectivity index (χ0) is 15.5. The summed E-state index contributed by atoms with van der Waals surface area (Å²) in [6.07, 6.45) is 1.96. The highest BCUT2D eigenvalue weighted by Crippen LogP contribution is 2.53. The third-order valence-corrected chi connectivity index (χ3v) is 5.75. The van der Waals surface area contributed by atoms with Crippen molar-refractivity contribution in [2.75, 3.05) is 26.2 Å². The number of Topliss-reactive ketones (excluding diaryl/α,β-unsaturated/α-hetero) is 1. The van der Waals surface area contributed by atoms with Crippen molar-refractivity contribution in [2.24, 2.45) is 10.8 Å². The van der Waals surface area contributed by atoms with E-state index in [-0.39, 0.29) is 22.8 Å². The molecule has 5 rings (SSSR count). The highest BCUT2D eigenvalue weighted by atomic mass is 19.1. The van der Waals surface area contributed by atoms with Crippen molar-refractivity contribution in [3.63, 3.8) is 0 Å². The molecule has 2 unspecified atom stereocenters. The van der Waals surface area contributed by atoms with Crippen molar-refractivity contribution in [1.82, 2.24) is 9.80 Å². The Hall–Kier alpha value is -1.26. The Morgan fingerprint density at radius 2 is 1.82 bits per heavy atom. The summed E-state index contributed by atoms with van der Waals surface area (Å²) in [6, 6.07) is 7.07. The van der Waals surface area contributed by atoms with Crippen molar-refractivity contribution in [2.45, 2.75) is 32.9 Å². The van der Waals surface area contributed by atoms with Gasteiger partial charge in [-0.1, -0.05) is 38.5 Å². The lowest BCUT2D eigenvalue weighted by molar-refractivity contribution is -0.201. The van der Waals surface area contributed by atoms with Gasteiger partial charge in [0, 0.05) is 31.7 Å². The molecule has 4 fully saturated rings. The Morgan fingerprint density at radius 3 is 2.41 bits per heavy atom. The van der Waals surface area contributed by atoms with Crippen LogP contribution in [0.3, 0.4) is 0 Å². The molecule has 4 aliphatic rings. The molecule has 4 heterocycles. The number of carbonyl (C=O) groups is 1. The molecule has 0 saturated carbocycles. The molecule has 4 saturated heterocycles. The quantitative estimate of drug-likeness (QED) is 0.858. The predicted octanol–water partition coefficient (Wildman–Crippen LogP) is 2.83. The lowest BCUT2D eigenvalue weighted by atomic mass is 9.59. The largest absolute Gasteiger partial charge is 0.298 e. The lowest BCUT2D eigenvalue weighted by Crippen LogP contribution is -2.76. The summed E-state index contributed by atoms with van der Waals surface area (Å²) in [5.74, 6) is 0.308. The Morgan fingerprint density at radius 1 is 1.18 bits per heavy atom. The Balaban J connectivity index is 1.75. The molecule has 0 radical (unpaired) electrons. The van der Waals surface area contributed by atoms with Gasteiger partial charge in [0.25, 0.3) is 0 Å². The third kappa shape index (κ3) is 1.77. The topological polar surface area (TPSA) is 23.6 Å². The molecule has 0 aliphatic carbocycles. The van der Waals surface area contributed by atoms with Crippen LogP contribution in [0.25, 0.3) is 0 Å². The molecule has 4 heteroatoms. The molecule has 4 aliphatic heterocycles. The number of hydrogen-bond acceptors (Lipinski definition) is 3. The second kappa shape index (κ2) is 4.62. The molecule has 2 atom stereocenters. The van der Waals surface area contributed by atoms with Crippen LogP contribution in [0.4, 0.5) is 4.39 Å². The number of piperidine rings is 2. The summed E-state index contributed by atoms with van der Waals surface area (Å²) in [7, 11) is 0. The number of benzene rings is 1. The van der Waals surface area contributed by atoms with Gasteiger partial charge in [0.2, 0.25) is 0 Å². The minimum atomic E-state index is -0.284. The molecule has 1 aromatic carbocycles. The van der Waals surface area contributed by atoms with Crippen molar-refractivity contribution >= 4 is 5.78 Å². The van der Waals surface area contributed by atoms with Crippen LogP contribution >= 0.6 is 0 Å². The number of nitrogens with zero attached hydrogens (tertiary/aromatic N) is 2. The minimum Gasteiger partial charge on any atom is -0.298 e. The van der Waals surface area contributed by atoms with E-state index in [1.165, 1.54) is 6.07 Å². The smallest absolute Gasteiger partial charge is 0.150 e. The molecule has 0 N–H and O–H groups in total. The fraction of sp³-hybridized carbons (Fsp3) is 0.611. The van der Waals surface area contributed by atoms with Gasteiger partial charge in [0.05, 0.1) is 17.0 Å². The maximum atomic E-state index is 14.3. The summed E-state index contributed by atoms with van der Waals surface area (Å²) >= 11 is 0. The van der Waals surface area contributed by atoms with E-state index in [1.54, 1.807) is 6.07 Å². The number of halogens is 1. The number of rotatable bonds is 3. The fourth-order valence-electron chi connectivity index (χ4n) is 5.22. The molecular weight excluding hydrogens is 279 g/mol. The lowest BCUT2D eigenvalue weighted by Gasteiger charge is -2.65. The van der Waals surface area contributed by atoms with Gasteiger partial charge in [-0.25, -0.2) is 4.39 Å². The maximum Gasteiger partial charge on any atom is 0.150 e. The van der Waals surface area contributed by atoms with Crippen LogP contribution in [0, 0.1) is 16.6 Å². The second-order valence-corrected chi connectivity index (χ2v) is 7.63. The van der Waals surface area contributed by atoms with E-state index < -0.39 is 0 Å². The molecule has 0 amide bonds. The first kappa shape index (κ1) is 14.3. The van der Waals surface area contributed by atoms with Gasteiger partial charge >= 0.3 is 0 Å². The molecule has 0 aromatic heterocycles. The van der Waals surface area contributed by atoms with Crippen molar-refractivity contribution in [3.05, 3.63) is 35.6 Å². The Labute approximate surface area is 131 Å². The van der Waals surface area contributed by atoms with E-state index in [0.717, 1.165) is 44.6 Å². The Bertz CT molecular complexity index is 613. The van der Waals surface area contributed by atoms with Gasteiger partial charge in [0.15, 0.2) is 0 Å². The second-order valence-electron chi connectivity index (χ2n) is 7.63. The van der Waals surface area contributed by atoms with E-state index in [2.05, 4.69) is 23.6 Å². The first-order valence-electron chi connectivity index (χ1n) is 8.27. The van der Waals surface area contributed by atoms with E-state index in [4.69, 9.17) is 0 Å². The molecule has 3 nitrogen and oxygen atoms in total. The summed E-state index contributed by atoms with van der Waals surface area (Å²) in [6.45, 7) is 7.32. The maximum absolute atomic E-state index is 14.3. The zero-order valence-corrected chi connectivity index (χ0v) is 13.3. The summed E-state index contributed by atoms with van der Waals surface area (Å²) < 4.78 is 14.3. The highest BCUT2D eigenvalue weighted by Gasteiger charge is 2.63. The number of ketones is 1. The SMILES string of the molecule is CCCC12CN3CC(C)(CN(C1)C3c1ccccc1F)C2=O. The van der Waals surface area contributed by atoms with Crippen molar-refractivity contribution in [3.8, 4) is 0 Å². The first-order valence-corrected chi connectivity index (χ1v) is 8.27. The van der Waals surface area contributed by atoms with Crippen LogP contribution in [-0.2, 0) is 4.79 Å². The first-order chi connectivity index (χ1) is 10.5. The number of hydrogen-bond donors (Lipinski definition) is 0. The minimum absolute atomic E-state index is 0.00708. The van der Waals surface area contributed by atoms with Gasteiger partial charge in [-0.3, -0.25) is 14.6 Å². The van der Waals surface area contributed by atoms with Crippen LogP contribution in [0.15, 0.2) is 24.3 Å². The highest BCUT2D eigenvalue weighted by molar-refractivity contribution is 5.93. The summed E-state index contributed by atoms with van der Waals surface area (Å²) in [5, 5.41) is 0. The average Bonchev–Trinajstić information content (AvgIpc) is 2.45. The Kier molecular flexibility index (Phi) is 3.01. The van der Waals surface area contributed by atoms with Gasteiger partial charge in [0.1, 0.15) is 11.6 Å². The normalized spacial score (nSPS) is 42.9. The van der Waals surface area contributed by atoms with Gasteiger partial charge in [-0.15, -0.1) is 0 Å². The van der Waals surface area contributed by atoms with Crippen LogP contribution < -0.4 is 0 Å². The number of carbonyl (C=O) groups excluding carboxylic acids is 1. The molecule has 1 aromatic rings. The summed E-state index contributed by atoms with van der Waals surface area (Å²) in [4.78, 5) is 17.7. The van der Waals surface area contributed by atoms with E-state index >= 15 is 0 Å². The van der Waals surface area contributed by atoms with Crippen molar-refractivity contribution in [1.29, 1.82) is 0 Å². The van der Waals surface area contributed by atoms with E-state index in [0.29, 0.717) is 5.78 Å². The van der Waals surface area contributed by atoms with E-state index in [1.807, 2.05) is 12.1 Å². The fourth-order valence-corrected chi connectivity index (χ4v) is 5.22. The summed E-state index contributed by atoms with van der Waals surface area (Å²) in [5.41, 5.74) is 0.235. The van der Waals surface area contributed by atoms with Gasteiger partial charge < -0.3 is 0 Å². The van der Waals surface area contributed by atoms with Crippen LogP contribution in [0.1, 0.15) is 38.4 Å². The molecular formula is C18H23FN2O. The van der Waals surface area contributed by atoms with Crippen LogP contribution in [-0.4, -0.2) is 41.8 Å². The molecule has 4 bridgehead atoms.